The van der Waals surface area contributed by atoms with Crippen LogP contribution < -0.4 is 5.32 Å². The van der Waals surface area contributed by atoms with E-state index in [0.29, 0.717) is 17.7 Å². The first-order valence-electron chi connectivity index (χ1n) is 7.06. The molecule has 0 bridgehead atoms. The molecule has 1 aromatic heterocycles. The van der Waals surface area contributed by atoms with Crippen molar-refractivity contribution in [2.45, 2.75) is 43.4 Å². The first-order chi connectivity index (χ1) is 10.1. The maximum absolute atomic E-state index is 5.86. The molecule has 0 radical (unpaired) electrons. The third kappa shape index (κ3) is 6.08. The van der Waals surface area contributed by atoms with E-state index in [1.54, 1.807) is 11.8 Å². The second-order valence-corrected chi connectivity index (χ2v) is 6.54. The molecule has 0 fully saturated rings. The van der Waals surface area contributed by atoms with Crippen molar-refractivity contribution in [3.05, 3.63) is 41.0 Å². The molecule has 0 amide bonds. The number of hydrogen-bond acceptors (Lipinski definition) is 5. The minimum Gasteiger partial charge on any atom is -0.339 e. The minimum absolute atomic E-state index is 0.513. The van der Waals surface area contributed by atoms with Gasteiger partial charge in [0.15, 0.2) is 5.82 Å². The molecule has 0 atom stereocenters. The number of nitrogens with zero attached hydrogens (tertiary/aromatic N) is 2. The second-order valence-electron chi connectivity index (χ2n) is 5.06. The van der Waals surface area contributed by atoms with E-state index in [0.717, 1.165) is 35.1 Å². The topological polar surface area (TPSA) is 51.0 Å². The summed E-state index contributed by atoms with van der Waals surface area (Å²) in [4.78, 5) is 5.55. The lowest BCUT2D eigenvalue weighted by atomic mass is 10.3. The van der Waals surface area contributed by atoms with Crippen molar-refractivity contribution in [3.63, 3.8) is 0 Å². The zero-order chi connectivity index (χ0) is 15.1. The lowest BCUT2D eigenvalue weighted by Gasteiger charge is -2.05. The SMILES string of the molecule is CC(C)NCCCc1nc(CSc2ccc(Cl)cc2)no1. The maximum Gasteiger partial charge on any atom is 0.226 e. The second kappa shape index (κ2) is 8.41. The molecule has 0 spiro atoms. The Hall–Kier alpha value is -1.04. The molecule has 0 aliphatic carbocycles. The molecule has 0 unspecified atom stereocenters. The van der Waals surface area contributed by atoms with Crippen LogP contribution in [0.3, 0.4) is 0 Å². The standard InChI is InChI=1S/C15H20ClN3OS/c1-11(2)17-9-3-4-15-18-14(19-20-15)10-21-13-7-5-12(16)6-8-13/h5-8,11,17H,3-4,9-10H2,1-2H3. The van der Waals surface area contributed by atoms with Gasteiger partial charge in [0, 0.05) is 22.4 Å². The smallest absolute Gasteiger partial charge is 0.226 e. The average Bonchev–Trinajstić information content (AvgIpc) is 2.91. The highest BCUT2D eigenvalue weighted by Crippen LogP contribution is 2.23. The van der Waals surface area contributed by atoms with E-state index < -0.39 is 0 Å². The van der Waals surface area contributed by atoms with E-state index in [4.69, 9.17) is 16.1 Å². The van der Waals surface area contributed by atoms with Gasteiger partial charge in [-0.2, -0.15) is 4.98 Å². The summed E-state index contributed by atoms with van der Waals surface area (Å²) in [6, 6.07) is 8.26. The fourth-order valence-electron chi connectivity index (χ4n) is 1.76. The van der Waals surface area contributed by atoms with Gasteiger partial charge in [-0.3, -0.25) is 0 Å². The molecule has 21 heavy (non-hydrogen) atoms. The molecule has 0 saturated carbocycles. The Morgan fingerprint density at radius 3 is 2.76 bits per heavy atom. The van der Waals surface area contributed by atoms with Gasteiger partial charge in [-0.05, 0) is 37.2 Å². The fourth-order valence-corrected chi connectivity index (χ4v) is 2.63. The summed E-state index contributed by atoms with van der Waals surface area (Å²) >= 11 is 7.53. The summed E-state index contributed by atoms with van der Waals surface area (Å²) in [5.41, 5.74) is 0. The van der Waals surface area contributed by atoms with Gasteiger partial charge >= 0.3 is 0 Å². The van der Waals surface area contributed by atoms with Gasteiger partial charge in [-0.25, -0.2) is 0 Å². The van der Waals surface area contributed by atoms with Crippen molar-refractivity contribution in [1.29, 1.82) is 0 Å². The Morgan fingerprint density at radius 2 is 2.05 bits per heavy atom. The summed E-state index contributed by atoms with van der Waals surface area (Å²) in [5, 5.41) is 8.12. The molecular weight excluding hydrogens is 306 g/mol. The predicted molar refractivity (Wildman–Crippen MR) is 86.8 cm³/mol. The number of rotatable bonds is 8. The van der Waals surface area contributed by atoms with Gasteiger partial charge in [0.05, 0.1) is 5.75 Å². The number of aromatic nitrogens is 2. The molecular formula is C15H20ClN3OS. The van der Waals surface area contributed by atoms with Crippen molar-refractivity contribution in [2.75, 3.05) is 6.54 Å². The summed E-state index contributed by atoms with van der Waals surface area (Å²) < 4.78 is 5.26. The molecule has 1 heterocycles. The van der Waals surface area contributed by atoms with E-state index in [-0.39, 0.29) is 0 Å². The largest absolute Gasteiger partial charge is 0.339 e. The lowest BCUT2D eigenvalue weighted by molar-refractivity contribution is 0.370. The molecule has 0 aliphatic heterocycles. The van der Waals surface area contributed by atoms with Crippen molar-refractivity contribution in [2.24, 2.45) is 0 Å². The number of aryl methyl sites for hydroxylation is 1. The van der Waals surface area contributed by atoms with Crippen LogP contribution in [-0.4, -0.2) is 22.7 Å². The summed E-state index contributed by atoms with van der Waals surface area (Å²) in [6.45, 7) is 5.24. The molecule has 1 aromatic carbocycles. The van der Waals surface area contributed by atoms with Gasteiger partial charge < -0.3 is 9.84 Å². The molecule has 6 heteroatoms. The predicted octanol–water partition coefficient (Wildman–Crippen LogP) is 3.95. The Morgan fingerprint density at radius 1 is 1.29 bits per heavy atom. The highest BCUT2D eigenvalue weighted by Gasteiger charge is 2.07. The van der Waals surface area contributed by atoms with Gasteiger partial charge in [0.25, 0.3) is 0 Å². The van der Waals surface area contributed by atoms with E-state index in [9.17, 15) is 0 Å². The van der Waals surface area contributed by atoms with E-state index in [1.807, 2.05) is 24.3 Å². The Kier molecular flexibility index (Phi) is 6.54. The van der Waals surface area contributed by atoms with E-state index >= 15 is 0 Å². The van der Waals surface area contributed by atoms with E-state index in [2.05, 4.69) is 29.3 Å². The van der Waals surface area contributed by atoms with Crippen molar-refractivity contribution >= 4 is 23.4 Å². The lowest BCUT2D eigenvalue weighted by Crippen LogP contribution is -2.23. The van der Waals surface area contributed by atoms with Crippen LogP contribution in [-0.2, 0) is 12.2 Å². The van der Waals surface area contributed by atoms with Crippen LogP contribution in [0.4, 0.5) is 0 Å². The third-order valence-corrected chi connectivity index (χ3v) is 4.07. The number of thioether (sulfide) groups is 1. The molecule has 0 saturated heterocycles. The number of nitrogens with one attached hydrogen (secondary N) is 1. The fraction of sp³-hybridized carbons (Fsp3) is 0.467. The quantitative estimate of drug-likeness (QED) is 0.588. The van der Waals surface area contributed by atoms with Crippen LogP contribution in [0.25, 0.3) is 0 Å². The normalized spacial score (nSPS) is 11.2. The van der Waals surface area contributed by atoms with Crippen LogP contribution in [0.5, 0.6) is 0 Å². The number of hydrogen-bond donors (Lipinski definition) is 1. The van der Waals surface area contributed by atoms with Crippen molar-refractivity contribution in [1.82, 2.24) is 15.5 Å². The Bertz CT molecular complexity index is 542. The van der Waals surface area contributed by atoms with Crippen LogP contribution >= 0.6 is 23.4 Å². The summed E-state index contributed by atoms with van der Waals surface area (Å²) in [7, 11) is 0. The highest BCUT2D eigenvalue weighted by molar-refractivity contribution is 7.98. The van der Waals surface area contributed by atoms with Gasteiger partial charge in [-0.15, -0.1) is 11.8 Å². The first kappa shape index (κ1) is 16.3. The van der Waals surface area contributed by atoms with Crippen molar-refractivity contribution in [3.8, 4) is 0 Å². The van der Waals surface area contributed by atoms with Gasteiger partial charge in [0.2, 0.25) is 5.89 Å². The van der Waals surface area contributed by atoms with Crippen LogP contribution in [0.1, 0.15) is 32.0 Å². The van der Waals surface area contributed by atoms with Crippen molar-refractivity contribution < 1.29 is 4.52 Å². The third-order valence-electron chi connectivity index (χ3n) is 2.81. The van der Waals surface area contributed by atoms with Crippen LogP contribution in [0.2, 0.25) is 5.02 Å². The molecule has 4 nitrogen and oxygen atoms in total. The molecule has 1 N–H and O–H groups in total. The molecule has 0 aliphatic rings. The average molecular weight is 326 g/mol. The van der Waals surface area contributed by atoms with E-state index in [1.165, 1.54) is 0 Å². The summed E-state index contributed by atoms with van der Waals surface area (Å²) in [6.07, 6.45) is 1.82. The maximum atomic E-state index is 5.86. The van der Waals surface area contributed by atoms with Crippen LogP contribution in [0, 0.1) is 0 Å². The van der Waals surface area contributed by atoms with Crippen LogP contribution in [0.15, 0.2) is 33.7 Å². The Labute approximate surface area is 134 Å². The zero-order valence-electron chi connectivity index (χ0n) is 12.3. The number of halogens is 1. The summed E-state index contributed by atoms with van der Waals surface area (Å²) in [5.74, 6) is 2.16. The van der Waals surface area contributed by atoms with Gasteiger partial charge in [0.1, 0.15) is 0 Å². The Balaban J connectivity index is 1.73. The zero-order valence-corrected chi connectivity index (χ0v) is 13.9. The monoisotopic (exact) mass is 325 g/mol. The molecule has 2 aromatic rings. The highest BCUT2D eigenvalue weighted by atomic mass is 35.5. The molecule has 114 valence electrons. The minimum atomic E-state index is 0.513. The molecule has 2 rings (SSSR count). The number of benzene rings is 1. The first-order valence-corrected chi connectivity index (χ1v) is 8.43. The van der Waals surface area contributed by atoms with Gasteiger partial charge in [-0.1, -0.05) is 30.6 Å².